The Morgan fingerprint density at radius 3 is 1.87 bits per heavy atom. The third-order valence-electron chi connectivity index (χ3n) is 2.58. The van der Waals surface area contributed by atoms with E-state index in [1.807, 2.05) is 0 Å². The Hall–Kier alpha value is 2.19. The van der Waals surface area contributed by atoms with Crippen molar-refractivity contribution in [2.75, 3.05) is 4.43 Å². The topological polar surface area (TPSA) is 0 Å². The fourth-order valence-electron chi connectivity index (χ4n) is 1.58. The van der Waals surface area contributed by atoms with Crippen molar-refractivity contribution in [3.05, 3.63) is 0 Å². The van der Waals surface area contributed by atoms with Gasteiger partial charge in [0.05, 0.1) is 0 Å². The maximum Gasteiger partial charge on any atom is 0.0117 e. The monoisotopic (exact) mass is 548 g/mol. The van der Waals surface area contributed by atoms with Gasteiger partial charge < -0.3 is 0 Å². The third kappa shape index (κ3) is 12.4. The summed E-state index contributed by atoms with van der Waals surface area (Å²) in [4.78, 5) is 0. The van der Waals surface area contributed by atoms with Crippen LogP contribution in [-0.2, 0) is 0 Å². The van der Waals surface area contributed by atoms with Crippen molar-refractivity contribution in [3.63, 3.8) is 0 Å². The number of halogens is 3. The highest BCUT2D eigenvalue weighted by atomic mass is 127. The summed E-state index contributed by atoms with van der Waals surface area (Å²) in [5, 5.41) is 0. The van der Waals surface area contributed by atoms with E-state index in [1.165, 1.54) is 55.8 Å². The lowest BCUT2D eigenvalue weighted by Gasteiger charge is -2.11. The Bertz CT molecular complexity index is 128. The zero-order chi connectivity index (χ0) is 11.5. The highest BCUT2D eigenvalue weighted by Gasteiger charge is 2.06. The lowest BCUT2D eigenvalue weighted by atomic mass is 10.1. The van der Waals surface area contributed by atoms with Gasteiger partial charge in [-0.1, -0.05) is 100 Å². The molecule has 0 aliphatic heterocycles. The fraction of sp³-hybridized carbons (Fsp3) is 1.00. The van der Waals surface area contributed by atoms with Gasteiger partial charge in [0.15, 0.2) is 0 Å². The molecule has 92 valence electrons. The first-order chi connectivity index (χ1) is 7.20. The normalized spacial score (nSPS) is 15.2. The van der Waals surface area contributed by atoms with Crippen LogP contribution in [0.3, 0.4) is 0 Å². The second kappa shape index (κ2) is 12.6. The van der Waals surface area contributed by atoms with Gasteiger partial charge in [-0.25, -0.2) is 0 Å². The van der Waals surface area contributed by atoms with Crippen LogP contribution in [0.2, 0.25) is 0 Å². The molecule has 0 aromatic carbocycles. The molecule has 0 fully saturated rings. The second-order valence-electron chi connectivity index (χ2n) is 4.10. The van der Waals surface area contributed by atoms with Crippen LogP contribution < -0.4 is 0 Å². The van der Waals surface area contributed by atoms with Crippen molar-refractivity contribution < 1.29 is 0 Å². The molecule has 0 aromatic rings. The average molecular weight is 548 g/mol. The van der Waals surface area contributed by atoms with E-state index < -0.39 is 0 Å². The molecule has 0 aromatic heterocycles. The van der Waals surface area contributed by atoms with Gasteiger partial charge >= 0.3 is 0 Å². The zero-order valence-electron chi connectivity index (χ0n) is 9.65. The standard InChI is InChI=1S/C12H23I3/c1-2-3-4-6-11(14)7-5-8-12(15)9-10-13/h11-12H,2-10H2,1H3. The van der Waals surface area contributed by atoms with Crippen molar-refractivity contribution in [1.82, 2.24) is 0 Å². The van der Waals surface area contributed by atoms with Crippen LogP contribution in [0.15, 0.2) is 0 Å². The first-order valence-electron chi connectivity index (χ1n) is 6.04. The lowest BCUT2D eigenvalue weighted by molar-refractivity contribution is 0.594. The molecule has 15 heavy (non-hydrogen) atoms. The molecule has 2 unspecified atom stereocenters. The molecule has 0 aliphatic carbocycles. The van der Waals surface area contributed by atoms with Crippen LogP contribution in [0, 0.1) is 0 Å². The molecule has 0 nitrogen and oxygen atoms in total. The Kier molecular flexibility index (Phi) is 14.5. The smallest absolute Gasteiger partial charge is 0.0117 e. The predicted molar refractivity (Wildman–Crippen MR) is 97.1 cm³/mol. The van der Waals surface area contributed by atoms with Gasteiger partial charge in [0.2, 0.25) is 0 Å². The van der Waals surface area contributed by atoms with Crippen molar-refractivity contribution in [2.24, 2.45) is 0 Å². The van der Waals surface area contributed by atoms with Gasteiger partial charge in [-0.15, -0.1) is 0 Å². The van der Waals surface area contributed by atoms with Crippen molar-refractivity contribution in [2.45, 2.75) is 66.1 Å². The molecular formula is C12H23I3. The van der Waals surface area contributed by atoms with Gasteiger partial charge in [-0.3, -0.25) is 0 Å². The fourth-order valence-corrected chi connectivity index (χ4v) is 5.16. The molecule has 0 aliphatic rings. The van der Waals surface area contributed by atoms with Crippen LogP contribution in [-0.4, -0.2) is 12.3 Å². The van der Waals surface area contributed by atoms with Crippen LogP contribution in [0.4, 0.5) is 0 Å². The van der Waals surface area contributed by atoms with E-state index in [0.717, 1.165) is 7.85 Å². The summed E-state index contributed by atoms with van der Waals surface area (Å²) >= 11 is 7.75. The highest BCUT2D eigenvalue weighted by Crippen LogP contribution is 2.21. The first kappa shape index (κ1) is 17.2. The molecule has 3 heteroatoms. The van der Waals surface area contributed by atoms with Crippen molar-refractivity contribution >= 4 is 67.8 Å². The molecule has 0 heterocycles. The molecule has 2 atom stereocenters. The second-order valence-corrected chi connectivity index (χ2v) is 8.70. The van der Waals surface area contributed by atoms with Crippen molar-refractivity contribution in [3.8, 4) is 0 Å². The van der Waals surface area contributed by atoms with Crippen LogP contribution >= 0.6 is 67.8 Å². The van der Waals surface area contributed by atoms with Gasteiger partial charge in [0.25, 0.3) is 0 Å². The summed E-state index contributed by atoms with van der Waals surface area (Å²) in [5.74, 6) is 0. The number of hydrogen-bond donors (Lipinski definition) is 0. The predicted octanol–water partition coefficient (Wildman–Crippen LogP) is 6.17. The number of rotatable bonds is 10. The highest BCUT2D eigenvalue weighted by molar-refractivity contribution is 14.1. The van der Waals surface area contributed by atoms with Gasteiger partial charge in [-0.05, 0) is 25.7 Å². The van der Waals surface area contributed by atoms with Gasteiger partial charge in [-0.2, -0.15) is 0 Å². The molecule has 0 rings (SSSR count). The Labute approximate surface area is 137 Å². The first-order valence-corrected chi connectivity index (χ1v) is 10.1. The molecule has 0 saturated carbocycles. The summed E-state index contributed by atoms with van der Waals surface area (Å²) in [6.45, 7) is 2.28. The largest absolute Gasteiger partial charge is 0.0863 e. The molecule has 0 radical (unpaired) electrons. The lowest BCUT2D eigenvalue weighted by Crippen LogP contribution is -2.02. The maximum atomic E-state index is 2.65. The minimum absolute atomic E-state index is 0.916. The number of unbranched alkanes of at least 4 members (excludes halogenated alkanes) is 2. The summed E-state index contributed by atoms with van der Waals surface area (Å²) in [5.41, 5.74) is 0. The summed E-state index contributed by atoms with van der Waals surface area (Å²) in [6, 6.07) is 0. The minimum atomic E-state index is 0.916. The number of hydrogen-bond acceptors (Lipinski definition) is 0. The summed E-state index contributed by atoms with van der Waals surface area (Å²) in [7, 11) is 0. The van der Waals surface area contributed by atoms with E-state index in [0.29, 0.717) is 0 Å². The van der Waals surface area contributed by atoms with Crippen LogP contribution in [0.25, 0.3) is 0 Å². The van der Waals surface area contributed by atoms with E-state index in [4.69, 9.17) is 0 Å². The van der Waals surface area contributed by atoms with Crippen LogP contribution in [0.5, 0.6) is 0 Å². The maximum absolute atomic E-state index is 2.65. The Morgan fingerprint density at radius 1 is 0.800 bits per heavy atom. The van der Waals surface area contributed by atoms with Crippen LogP contribution in [0.1, 0.15) is 58.3 Å². The van der Waals surface area contributed by atoms with Gasteiger partial charge in [0.1, 0.15) is 0 Å². The van der Waals surface area contributed by atoms with E-state index in [2.05, 4.69) is 74.7 Å². The number of alkyl halides is 3. The summed E-state index contributed by atoms with van der Waals surface area (Å²) < 4.78 is 3.16. The minimum Gasteiger partial charge on any atom is -0.0863 e. The van der Waals surface area contributed by atoms with E-state index in [-0.39, 0.29) is 0 Å². The van der Waals surface area contributed by atoms with Crippen molar-refractivity contribution in [1.29, 1.82) is 0 Å². The van der Waals surface area contributed by atoms with E-state index in [9.17, 15) is 0 Å². The Morgan fingerprint density at radius 2 is 1.33 bits per heavy atom. The third-order valence-corrected chi connectivity index (χ3v) is 5.69. The van der Waals surface area contributed by atoms with E-state index >= 15 is 0 Å². The molecule has 0 amide bonds. The summed E-state index contributed by atoms with van der Waals surface area (Å²) in [6.07, 6.45) is 11.3. The van der Waals surface area contributed by atoms with Gasteiger partial charge in [0, 0.05) is 12.3 Å². The Balaban J connectivity index is 3.26. The average Bonchev–Trinajstić information content (AvgIpc) is 2.18. The molecule has 0 bridgehead atoms. The molecule has 0 spiro atoms. The zero-order valence-corrected chi connectivity index (χ0v) is 16.1. The van der Waals surface area contributed by atoms with E-state index in [1.54, 1.807) is 0 Å². The quantitative estimate of drug-likeness (QED) is 0.174. The molecular weight excluding hydrogens is 525 g/mol. The SMILES string of the molecule is CCCCCC(I)CCCC(I)CCI. The molecule has 0 N–H and O–H groups in total. The molecule has 0 saturated heterocycles.